The lowest BCUT2D eigenvalue weighted by Gasteiger charge is -2.02. The molecule has 2 aromatic heterocycles. The highest BCUT2D eigenvalue weighted by Gasteiger charge is 2.08. The number of rotatable bonds is 4. The number of hydrogen-bond acceptors (Lipinski definition) is 5. The third-order valence-corrected chi connectivity index (χ3v) is 2.32. The average molecular weight is 256 g/mol. The third kappa shape index (κ3) is 2.44. The van der Waals surface area contributed by atoms with Crippen molar-refractivity contribution in [3.05, 3.63) is 18.0 Å². The highest BCUT2D eigenvalue weighted by atomic mass is 35.5. The molecule has 2 aromatic rings. The van der Waals surface area contributed by atoms with Crippen LogP contribution >= 0.6 is 11.6 Å². The number of amides is 1. The fraction of sp³-hybridized carbons (Fsp3) is 0.333. The maximum absolute atomic E-state index is 11.0. The van der Waals surface area contributed by atoms with Gasteiger partial charge >= 0.3 is 0 Å². The van der Waals surface area contributed by atoms with Gasteiger partial charge in [-0.25, -0.2) is 0 Å². The van der Waals surface area contributed by atoms with Gasteiger partial charge in [-0.05, 0) is 6.07 Å². The standard InChI is InChI=1S/C9H10ClN5O2/c1-17-9-3-2-6-12-13-7(15(6)14-9)5-11-8(16)4-10/h2-3H,4-5H2,1H3,(H,11,16). The van der Waals surface area contributed by atoms with Gasteiger partial charge in [-0.3, -0.25) is 4.79 Å². The van der Waals surface area contributed by atoms with Crippen LogP contribution in [-0.2, 0) is 11.3 Å². The molecule has 2 heterocycles. The molecule has 7 nitrogen and oxygen atoms in total. The predicted octanol–water partition coefficient (Wildman–Crippen LogP) is -0.0121. The first kappa shape index (κ1) is 11.6. The molecule has 0 aliphatic carbocycles. The second-order valence-electron chi connectivity index (χ2n) is 3.17. The Morgan fingerprint density at radius 2 is 2.35 bits per heavy atom. The van der Waals surface area contributed by atoms with E-state index in [0.29, 0.717) is 17.4 Å². The molecule has 0 atom stereocenters. The quantitative estimate of drug-likeness (QED) is 0.777. The molecule has 0 bridgehead atoms. The number of methoxy groups -OCH3 is 1. The van der Waals surface area contributed by atoms with Gasteiger partial charge in [0.15, 0.2) is 11.5 Å². The Hall–Kier alpha value is -1.89. The van der Waals surface area contributed by atoms with E-state index in [4.69, 9.17) is 16.3 Å². The number of ether oxygens (including phenoxy) is 1. The van der Waals surface area contributed by atoms with Gasteiger partial charge in [-0.2, -0.15) is 4.52 Å². The molecule has 0 spiro atoms. The van der Waals surface area contributed by atoms with E-state index in [1.54, 1.807) is 12.1 Å². The van der Waals surface area contributed by atoms with Crippen molar-refractivity contribution in [2.45, 2.75) is 6.54 Å². The van der Waals surface area contributed by atoms with Crippen molar-refractivity contribution in [3.63, 3.8) is 0 Å². The second-order valence-corrected chi connectivity index (χ2v) is 3.44. The SMILES string of the molecule is COc1ccc2nnc(CNC(=O)CCl)n2n1. The molecular formula is C9H10ClN5O2. The second kappa shape index (κ2) is 4.96. The first-order valence-corrected chi connectivity index (χ1v) is 5.36. The van der Waals surface area contributed by atoms with E-state index in [1.807, 2.05) is 0 Å². The number of carbonyl (C=O) groups excluding carboxylic acids is 1. The minimum Gasteiger partial charge on any atom is -0.480 e. The molecular weight excluding hydrogens is 246 g/mol. The van der Waals surface area contributed by atoms with Crippen molar-refractivity contribution in [2.75, 3.05) is 13.0 Å². The van der Waals surface area contributed by atoms with E-state index in [0.717, 1.165) is 0 Å². The molecule has 0 unspecified atom stereocenters. The molecule has 8 heteroatoms. The van der Waals surface area contributed by atoms with Gasteiger partial charge in [-0.1, -0.05) is 0 Å². The zero-order valence-corrected chi connectivity index (χ0v) is 9.81. The zero-order chi connectivity index (χ0) is 12.3. The van der Waals surface area contributed by atoms with E-state index in [9.17, 15) is 4.79 Å². The normalized spacial score (nSPS) is 10.5. The molecule has 0 fully saturated rings. The van der Waals surface area contributed by atoms with Gasteiger partial charge in [-0.15, -0.1) is 26.9 Å². The smallest absolute Gasteiger partial charge is 0.235 e. The van der Waals surface area contributed by atoms with E-state index in [1.165, 1.54) is 11.6 Å². The first-order valence-electron chi connectivity index (χ1n) is 4.82. The van der Waals surface area contributed by atoms with Crippen LogP contribution in [0.15, 0.2) is 12.1 Å². The number of aromatic nitrogens is 4. The summed E-state index contributed by atoms with van der Waals surface area (Å²) in [7, 11) is 1.52. The molecule has 0 radical (unpaired) electrons. The summed E-state index contributed by atoms with van der Waals surface area (Å²) in [5.74, 6) is 0.596. The summed E-state index contributed by atoms with van der Waals surface area (Å²) in [5, 5.41) is 14.6. The van der Waals surface area contributed by atoms with Gasteiger partial charge in [0.05, 0.1) is 13.7 Å². The van der Waals surface area contributed by atoms with E-state index >= 15 is 0 Å². The summed E-state index contributed by atoms with van der Waals surface area (Å²) in [6.45, 7) is 0.215. The Balaban J connectivity index is 2.25. The number of nitrogens with one attached hydrogen (secondary N) is 1. The molecule has 0 aliphatic rings. The summed E-state index contributed by atoms with van der Waals surface area (Å²) >= 11 is 5.37. The molecule has 0 aliphatic heterocycles. The van der Waals surface area contributed by atoms with Crippen LogP contribution in [0, 0.1) is 0 Å². The summed E-state index contributed by atoms with van der Waals surface area (Å²) in [6, 6.07) is 3.41. The first-order chi connectivity index (χ1) is 8.24. The van der Waals surface area contributed by atoms with E-state index in [2.05, 4.69) is 20.6 Å². The maximum atomic E-state index is 11.0. The molecule has 90 valence electrons. The van der Waals surface area contributed by atoms with E-state index in [-0.39, 0.29) is 18.3 Å². The number of carbonyl (C=O) groups is 1. The van der Waals surface area contributed by atoms with Crippen molar-refractivity contribution in [1.29, 1.82) is 0 Å². The van der Waals surface area contributed by atoms with Crippen LogP contribution in [0.1, 0.15) is 5.82 Å². The van der Waals surface area contributed by atoms with Crippen molar-refractivity contribution < 1.29 is 9.53 Å². The maximum Gasteiger partial charge on any atom is 0.235 e. The van der Waals surface area contributed by atoms with Crippen molar-refractivity contribution in [2.24, 2.45) is 0 Å². The van der Waals surface area contributed by atoms with Crippen molar-refractivity contribution in [1.82, 2.24) is 25.1 Å². The van der Waals surface area contributed by atoms with Crippen LogP contribution in [0.2, 0.25) is 0 Å². The topological polar surface area (TPSA) is 81.4 Å². The van der Waals surface area contributed by atoms with Crippen LogP contribution in [-0.4, -0.2) is 38.7 Å². The fourth-order valence-electron chi connectivity index (χ4n) is 1.26. The van der Waals surface area contributed by atoms with Crippen LogP contribution in [0.4, 0.5) is 0 Å². The highest BCUT2D eigenvalue weighted by Crippen LogP contribution is 2.08. The number of hydrogen-bond donors (Lipinski definition) is 1. The molecule has 2 rings (SSSR count). The largest absolute Gasteiger partial charge is 0.480 e. The van der Waals surface area contributed by atoms with Crippen LogP contribution in [0.3, 0.4) is 0 Å². The molecule has 17 heavy (non-hydrogen) atoms. The van der Waals surface area contributed by atoms with Gasteiger partial charge in [0.25, 0.3) is 0 Å². The lowest BCUT2D eigenvalue weighted by molar-refractivity contribution is -0.118. The Morgan fingerprint density at radius 3 is 3.06 bits per heavy atom. The summed E-state index contributed by atoms with van der Waals surface area (Å²) < 4.78 is 6.50. The average Bonchev–Trinajstić information content (AvgIpc) is 2.78. The lowest BCUT2D eigenvalue weighted by atomic mass is 10.5. The monoisotopic (exact) mass is 255 g/mol. The Bertz CT molecular complexity index is 541. The highest BCUT2D eigenvalue weighted by molar-refractivity contribution is 6.27. The fourth-order valence-corrected chi connectivity index (χ4v) is 1.35. The third-order valence-electron chi connectivity index (χ3n) is 2.08. The molecule has 0 saturated heterocycles. The Morgan fingerprint density at radius 1 is 1.53 bits per heavy atom. The summed E-state index contributed by atoms with van der Waals surface area (Å²) in [4.78, 5) is 11.0. The van der Waals surface area contributed by atoms with Crippen LogP contribution < -0.4 is 10.1 Å². The van der Waals surface area contributed by atoms with Crippen molar-refractivity contribution in [3.8, 4) is 5.88 Å². The zero-order valence-electron chi connectivity index (χ0n) is 9.05. The number of alkyl halides is 1. The molecule has 0 aromatic carbocycles. The predicted molar refractivity (Wildman–Crippen MR) is 59.9 cm³/mol. The van der Waals surface area contributed by atoms with Crippen LogP contribution in [0.25, 0.3) is 5.65 Å². The molecule has 1 amide bonds. The number of nitrogens with zero attached hydrogens (tertiary/aromatic N) is 4. The summed E-state index contributed by atoms with van der Waals surface area (Å²) in [6.07, 6.45) is 0. The van der Waals surface area contributed by atoms with E-state index < -0.39 is 0 Å². The number of fused-ring (bicyclic) bond motifs is 1. The van der Waals surface area contributed by atoms with Crippen LogP contribution in [0.5, 0.6) is 5.88 Å². The minimum atomic E-state index is -0.272. The summed E-state index contributed by atoms with van der Waals surface area (Å²) in [5.41, 5.74) is 0.584. The minimum absolute atomic E-state index is 0.0898. The number of halogens is 1. The molecule has 1 N–H and O–H groups in total. The van der Waals surface area contributed by atoms with Gasteiger partial charge in [0.2, 0.25) is 11.8 Å². The molecule has 0 saturated carbocycles. The van der Waals surface area contributed by atoms with Gasteiger partial charge < -0.3 is 10.1 Å². The van der Waals surface area contributed by atoms with Gasteiger partial charge in [0, 0.05) is 6.07 Å². The van der Waals surface area contributed by atoms with Gasteiger partial charge in [0.1, 0.15) is 5.88 Å². The van der Waals surface area contributed by atoms with Crippen molar-refractivity contribution >= 4 is 23.2 Å². The Kier molecular flexibility index (Phi) is 3.38. The lowest BCUT2D eigenvalue weighted by Crippen LogP contribution is -2.25. The Labute approximate surface area is 102 Å².